The molecule has 1 rings (SSSR count). The number of rotatable bonds is 37. The third-order valence-corrected chi connectivity index (χ3v) is 8.46. The number of benzene rings is 1. The Hall–Kier alpha value is -5.42. The fourth-order valence-corrected chi connectivity index (χ4v) is 5.20. The number of nitrogens with two attached hydrogens (primary N) is 1. The van der Waals surface area contributed by atoms with Crippen LogP contribution < -0.4 is 37.6 Å². The fourth-order valence-electron chi connectivity index (χ4n) is 5.20. The van der Waals surface area contributed by atoms with E-state index in [2.05, 4.69) is 26.6 Å². The second-order valence-corrected chi connectivity index (χ2v) is 13.4. The van der Waals surface area contributed by atoms with Gasteiger partial charge in [0.2, 0.25) is 11.8 Å². The second-order valence-electron chi connectivity index (χ2n) is 13.4. The highest BCUT2D eigenvalue weighted by Gasteiger charge is 2.25. The largest absolute Gasteiger partial charge is 0.481 e. The molecule has 6 amide bonds. The van der Waals surface area contributed by atoms with E-state index in [4.69, 9.17) is 34.9 Å². The van der Waals surface area contributed by atoms with Gasteiger partial charge >= 0.3 is 23.9 Å². The average molecular weight is 870 g/mol. The number of urea groups is 1. The predicted octanol–water partition coefficient (Wildman–Crippen LogP) is -0.405. The average Bonchev–Trinajstić information content (AvgIpc) is 3.23. The van der Waals surface area contributed by atoms with Crippen LogP contribution in [0.3, 0.4) is 0 Å². The van der Waals surface area contributed by atoms with Crippen molar-refractivity contribution in [1.29, 1.82) is 0 Å². The van der Waals surface area contributed by atoms with Crippen LogP contribution in [0.15, 0.2) is 24.3 Å². The van der Waals surface area contributed by atoms with E-state index >= 15 is 0 Å². The maximum Gasteiger partial charge on any atom is 0.326 e. The van der Waals surface area contributed by atoms with Gasteiger partial charge in [0.25, 0.3) is 11.8 Å². The number of hydrogen-bond donors (Lipinski definition) is 10. The van der Waals surface area contributed by atoms with E-state index in [0.29, 0.717) is 103 Å². The van der Waals surface area contributed by atoms with Crippen molar-refractivity contribution in [2.45, 2.75) is 76.3 Å². The number of carbonyl (C=O) groups is 8. The van der Waals surface area contributed by atoms with Crippen LogP contribution in [-0.4, -0.2) is 161 Å². The first-order valence-corrected chi connectivity index (χ1v) is 20.3. The lowest BCUT2D eigenvalue weighted by Crippen LogP contribution is -2.51. The Balaban J connectivity index is 2.01. The van der Waals surface area contributed by atoms with Crippen molar-refractivity contribution < 1.29 is 72.6 Å². The summed E-state index contributed by atoms with van der Waals surface area (Å²) in [5.41, 5.74) is 6.16. The van der Waals surface area contributed by atoms with Gasteiger partial charge in [0.05, 0.1) is 52.9 Å². The summed E-state index contributed by atoms with van der Waals surface area (Å²) in [5.74, 6) is -5.23. The van der Waals surface area contributed by atoms with Crippen molar-refractivity contribution in [3.8, 4) is 0 Å². The van der Waals surface area contributed by atoms with Gasteiger partial charge in [0.1, 0.15) is 12.1 Å². The molecule has 61 heavy (non-hydrogen) atoms. The number of aliphatic carboxylic acids is 3. The molecule has 22 nitrogen and oxygen atoms in total. The maximum absolute atomic E-state index is 12.4. The summed E-state index contributed by atoms with van der Waals surface area (Å²) in [6.45, 7) is 4.68. The molecule has 0 aliphatic heterocycles. The van der Waals surface area contributed by atoms with Crippen LogP contribution in [0.1, 0.15) is 84.9 Å². The zero-order chi connectivity index (χ0) is 45.1. The van der Waals surface area contributed by atoms with E-state index < -0.39 is 54.8 Å². The lowest BCUT2D eigenvalue weighted by molar-refractivity contribution is -0.141. The molecule has 0 saturated heterocycles. The van der Waals surface area contributed by atoms with E-state index in [1.54, 1.807) is 24.3 Å². The third-order valence-electron chi connectivity index (χ3n) is 8.46. The van der Waals surface area contributed by atoms with E-state index in [1.165, 1.54) is 0 Å². The first-order chi connectivity index (χ1) is 29.3. The molecule has 0 spiro atoms. The number of carbonyl (C=O) groups excluding carboxylic acids is 5. The highest BCUT2D eigenvalue weighted by Crippen LogP contribution is 2.07. The summed E-state index contributed by atoms with van der Waals surface area (Å²) >= 11 is 0. The van der Waals surface area contributed by atoms with E-state index in [0.717, 1.165) is 19.3 Å². The van der Waals surface area contributed by atoms with Crippen LogP contribution in [0.2, 0.25) is 0 Å². The Morgan fingerprint density at radius 2 is 0.902 bits per heavy atom. The predicted molar refractivity (Wildman–Crippen MR) is 218 cm³/mol. The standard InChI is InChI=1S/C39H63N7O15/c40-15-20-58-24-25-60-22-18-43-35(51)28-7-9-29(10-8-28)36(52)44-19-23-61-27-26-59-21-17-42-32(47)6-4-2-1-3-5-16-41-33(48)13-11-30(37(53)54)45-39(57)46-31(38(55)56)12-14-34(49)50/h7-10,30-31H,1-6,11-27,40H2,(H,41,48)(H,42,47)(H,43,51)(H,44,52)(H,49,50)(H,53,54)(H,55,56)(H2,45,46,57)/t30-,31-/m0/s1. The molecule has 0 heterocycles. The smallest absolute Gasteiger partial charge is 0.326 e. The van der Waals surface area contributed by atoms with Gasteiger partial charge in [0.15, 0.2) is 0 Å². The minimum absolute atomic E-state index is 0.0884. The monoisotopic (exact) mass is 869 g/mol. The number of carboxylic acids is 3. The molecule has 0 saturated carbocycles. The van der Waals surface area contributed by atoms with Crippen molar-refractivity contribution >= 4 is 47.6 Å². The van der Waals surface area contributed by atoms with Gasteiger partial charge in [-0.3, -0.25) is 24.0 Å². The van der Waals surface area contributed by atoms with E-state index in [-0.39, 0.29) is 43.7 Å². The molecule has 2 atom stereocenters. The number of carboxylic acid groups (broad SMARTS) is 3. The number of amides is 6. The topological polar surface area (TPSA) is 332 Å². The normalized spacial score (nSPS) is 11.8. The molecule has 0 bridgehead atoms. The summed E-state index contributed by atoms with van der Waals surface area (Å²) in [6, 6.07) is 2.17. The summed E-state index contributed by atoms with van der Waals surface area (Å²) in [7, 11) is 0. The summed E-state index contributed by atoms with van der Waals surface area (Å²) in [6.07, 6.45) is 2.84. The zero-order valence-electron chi connectivity index (χ0n) is 34.5. The molecule has 0 aliphatic rings. The number of nitrogens with one attached hydrogen (secondary N) is 6. The lowest BCUT2D eigenvalue weighted by atomic mass is 10.1. The van der Waals surface area contributed by atoms with Crippen molar-refractivity contribution in [2.75, 3.05) is 85.6 Å². The van der Waals surface area contributed by atoms with Crippen LogP contribution in [0, 0.1) is 0 Å². The molecule has 22 heteroatoms. The Kier molecular flexibility index (Phi) is 30.1. The SMILES string of the molecule is NCCOCCOCCNC(=O)c1ccc(C(=O)NCCOCCOCCNC(=O)CCCCCCCNC(=O)CC[C@H](NC(=O)N[C@@H](CCC(=O)O)C(=O)O)C(=O)O)cc1. The Morgan fingerprint density at radius 1 is 0.492 bits per heavy atom. The molecule has 1 aromatic carbocycles. The fraction of sp³-hybridized carbons (Fsp3) is 0.641. The van der Waals surface area contributed by atoms with Gasteiger partial charge in [-0.15, -0.1) is 0 Å². The maximum atomic E-state index is 12.4. The highest BCUT2D eigenvalue weighted by molar-refractivity contribution is 5.97. The van der Waals surface area contributed by atoms with Crippen molar-refractivity contribution in [3.05, 3.63) is 35.4 Å². The lowest BCUT2D eigenvalue weighted by Gasteiger charge is -2.18. The molecule has 344 valence electrons. The second kappa shape index (κ2) is 34.3. The van der Waals surface area contributed by atoms with Crippen molar-refractivity contribution in [3.63, 3.8) is 0 Å². The van der Waals surface area contributed by atoms with Gasteiger partial charge in [-0.25, -0.2) is 14.4 Å². The van der Waals surface area contributed by atoms with Gasteiger partial charge < -0.3 is 71.9 Å². The van der Waals surface area contributed by atoms with Crippen LogP contribution >= 0.6 is 0 Å². The van der Waals surface area contributed by atoms with Gasteiger partial charge in [-0.1, -0.05) is 19.3 Å². The van der Waals surface area contributed by atoms with Gasteiger partial charge in [-0.2, -0.15) is 0 Å². The minimum atomic E-state index is -1.53. The number of hydrogen-bond acceptors (Lipinski definition) is 13. The molecule has 0 aromatic heterocycles. The van der Waals surface area contributed by atoms with E-state index in [1.807, 2.05) is 5.32 Å². The third kappa shape index (κ3) is 28.6. The van der Waals surface area contributed by atoms with Crippen molar-refractivity contribution in [2.24, 2.45) is 5.73 Å². The van der Waals surface area contributed by atoms with Crippen LogP contribution in [-0.2, 0) is 42.9 Å². The summed E-state index contributed by atoms with van der Waals surface area (Å²) in [5, 5.41) is 42.3. The Bertz CT molecular complexity index is 1480. The van der Waals surface area contributed by atoms with Crippen molar-refractivity contribution in [1.82, 2.24) is 31.9 Å². The molecule has 0 fully saturated rings. The highest BCUT2D eigenvalue weighted by atomic mass is 16.5. The molecular formula is C39H63N7O15. The Labute approximate surface area is 354 Å². The molecular weight excluding hydrogens is 806 g/mol. The number of unbranched alkanes of at least 4 members (excludes halogenated alkanes) is 4. The summed E-state index contributed by atoms with van der Waals surface area (Å²) < 4.78 is 21.5. The molecule has 1 aromatic rings. The molecule has 0 radical (unpaired) electrons. The van der Waals surface area contributed by atoms with Crippen LogP contribution in [0.5, 0.6) is 0 Å². The van der Waals surface area contributed by atoms with E-state index in [9.17, 15) is 43.5 Å². The molecule has 0 unspecified atom stereocenters. The first-order valence-electron chi connectivity index (χ1n) is 20.3. The quantitative estimate of drug-likeness (QED) is 0.0380. The number of ether oxygens (including phenoxy) is 4. The molecule has 0 aliphatic carbocycles. The van der Waals surface area contributed by atoms with Gasteiger partial charge in [0, 0.05) is 63.1 Å². The van der Waals surface area contributed by atoms with Crippen LogP contribution in [0.4, 0.5) is 4.79 Å². The zero-order valence-corrected chi connectivity index (χ0v) is 34.5. The Morgan fingerprint density at radius 3 is 1.38 bits per heavy atom. The van der Waals surface area contributed by atoms with Crippen LogP contribution in [0.25, 0.3) is 0 Å². The first kappa shape index (κ1) is 53.6. The van der Waals surface area contributed by atoms with Gasteiger partial charge in [-0.05, 0) is 49.9 Å². The summed E-state index contributed by atoms with van der Waals surface area (Å²) in [4.78, 5) is 94.4. The molecule has 11 N–H and O–H groups in total. The minimum Gasteiger partial charge on any atom is -0.481 e.